The van der Waals surface area contributed by atoms with Gasteiger partial charge >= 0.3 is 0 Å². The van der Waals surface area contributed by atoms with Crippen LogP contribution in [0.1, 0.15) is 18.4 Å². The van der Waals surface area contributed by atoms with E-state index in [0.29, 0.717) is 32.6 Å². The normalized spacial score (nSPS) is 18.8. The maximum Gasteiger partial charge on any atom is 0.236 e. The Morgan fingerprint density at radius 3 is 2.90 bits per heavy atom. The molecule has 0 saturated carbocycles. The number of nitrogens with zero attached hydrogens (tertiary/aromatic N) is 3. The second-order valence-corrected chi connectivity index (χ2v) is 4.95. The van der Waals surface area contributed by atoms with E-state index in [1.165, 1.54) is 0 Å². The van der Waals surface area contributed by atoms with Crippen LogP contribution in [-0.2, 0) is 16.1 Å². The first kappa shape index (κ1) is 14.3. The molecule has 2 heterocycles. The van der Waals surface area contributed by atoms with Gasteiger partial charge in [-0.3, -0.25) is 9.89 Å². The van der Waals surface area contributed by atoms with Crippen molar-refractivity contribution in [3.63, 3.8) is 0 Å². The molecular formula is C12H19N5O3. The molecule has 8 heteroatoms. The molecule has 1 aromatic heterocycles. The number of nitrogens with one attached hydrogen (secondary N) is 1. The molecule has 0 spiro atoms. The highest BCUT2D eigenvalue weighted by Gasteiger charge is 2.46. The van der Waals surface area contributed by atoms with Crippen molar-refractivity contribution in [1.82, 2.24) is 15.1 Å². The Hall–Kier alpha value is -2.09. The van der Waals surface area contributed by atoms with E-state index in [2.05, 4.69) is 15.4 Å². The molecule has 1 aliphatic rings. The lowest BCUT2D eigenvalue weighted by atomic mass is 9.77. The summed E-state index contributed by atoms with van der Waals surface area (Å²) in [5.41, 5.74) is 5.68. The van der Waals surface area contributed by atoms with Crippen LogP contribution in [0.4, 0.5) is 0 Å². The van der Waals surface area contributed by atoms with E-state index in [0.717, 1.165) is 5.56 Å². The highest BCUT2D eigenvalue weighted by Crippen LogP contribution is 2.33. The Balaban J connectivity index is 2.18. The van der Waals surface area contributed by atoms with Crippen molar-refractivity contribution in [1.29, 1.82) is 0 Å². The molecule has 1 fully saturated rings. The summed E-state index contributed by atoms with van der Waals surface area (Å²) in [5, 5.41) is 18.6. The van der Waals surface area contributed by atoms with Crippen molar-refractivity contribution in [2.24, 2.45) is 16.3 Å². The SMILES string of the molecule is CN(Cc1cn[nH]c1)C(=O)C1(C(N)=NO)CCOCC1. The zero-order valence-corrected chi connectivity index (χ0v) is 11.4. The second-order valence-electron chi connectivity index (χ2n) is 4.95. The van der Waals surface area contributed by atoms with Gasteiger partial charge in [0.05, 0.1) is 6.20 Å². The van der Waals surface area contributed by atoms with Gasteiger partial charge in [0.25, 0.3) is 0 Å². The predicted octanol–water partition coefficient (Wildman–Crippen LogP) is -0.0887. The molecule has 0 radical (unpaired) electrons. The lowest BCUT2D eigenvalue weighted by Crippen LogP contribution is -2.52. The van der Waals surface area contributed by atoms with Crippen LogP contribution >= 0.6 is 0 Å². The van der Waals surface area contributed by atoms with Gasteiger partial charge in [0.2, 0.25) is 5.91 Å². The zero-order chi connectivity index (χ0) is 14.6. The third kappa shape index (κ3) is 2.60. The Labute approximate surface area is 116 Å². The van der Waals surface area contributed by atoms with Crippen LogP contribution in [-0.4, -0.2) is 52.3 Å². The first-order valence-corrected chi connectivity index (χ1v) is 6.39. The van der Waals surface area contributed by atoms with Crippen molar-refractivity contribution in [3.05, 3.63) is 18.0 Å². The van der Waals surface area contributed by atoms with E-state index in [9.17, 15) is 4.79 Å². The van der Waals surface area contributed by atoms with E-state index < -0.39 is 5.41 Å². The number of aromatic amines is 1. The first-order valence-electron chi connectivity index (χ1n) is 6.39. The molecule has 0 aromatic carbocycles. The molecule has 8 nitrogen and oxygen atoms in total. The molecule has 1 saturated heterocycles. The second kappa shape index (κ2) is 5.91. The van der Waals surface area contributed by atoms with Gasteiger partial charge in [-0.25, -0.2) is 0 Å². The minimum absolute atomic E-state index is 0.0511. The Morgan fingerprint density at radius 2 is 2.35 bits per heavy atom. The number of hydrogen-bond donors (Lipinski definition) is 3. The number of rotatable bonds is 4. The van der Waals surface area contributed by atoms with E-state index in [1.54, 1.807) is 24.3 Å². The van der Waals surface area contributed by atoms with Crippen LogP contribution in [0.15, 0.2) is 17.5 Å². The minimum Gasteiger partial charge on any atom is -0.409 e. The number of H-pyrrole nitrogens is 1. The van der Waals surface area contributed by atoms with Gasteiger partial charge in [-0.1, -0.05) is 5.16 Å². The molecule has 0 bridgehead atoms. The average Bonchev–Trinajstić information content (AvgIpc) is 2.99. The van der Waals surface area contributed by atoms with Gasteiger partial charge in [-0.15, -0.1) is 0 Å². The maximum atomic E-state index is 12.7. The summed E-state index contributed by atoms with van der Waals surface area (Å²) in [6.07, 6.45) is 4.21. The fraction of sp³-hybridized carbons (Fsp3) is 0.583. The summed E-state index contributed by atoms with van der Waals surface area (Å²) in [5.74, 6) is -0.220. The van der Waals surface area contributed by atoms with Crippen molar-refractivity contribution in [2.75, 3.05) is 20.3 Å². The molecule has 4 N–H and O–H groups in total. The molecule has 1 aliphatic heterocycles. The van der Waals surface area contributed by atoms with Gasteiger partial charge < -0.3 is 20.6 Å². The minimum atomic E-state index is -0.981. The Morgan fingerprint density at radius 1 is 1.65 bits per heavy atom. The van der Waals surface area contributed by atoms with Gasteiger partial charge in [-0.05, 0) is 12.8 Å². The fourth-order valence-electron chi connectivity index (χ4n) is 2.47. The van der Waals surface area contributed by atoms with Crippen LogP contribution < -0.4 is 5.73 Å². The smallest absolute Gasteiger partial charge is 0.236 e. The molecule has 1 amide bonds. The molecule has 2 rings (SSSR count). The average molecular weight is 281 g/mol. The van der Waals surface area contributed by atoms with Crippen molar-refractivity contribution in [2.45, 2.75) is 19.4 Å². The monoisotopic (exact) mass is 281 g/mol. The lowest BCUT2D eigenvalue weighted by molar-refractivity contribution is -0.141. The summed E-state index contributed by atoms with van der Waals surface area (Å²) < 4.78 is 5.28. The zero-order valence-electron chi connectivity index (χ0n) is 11.4. The molecule has 1 aromatic rings. The maximum absolute atomic E-state index is 12.7. The quantitative estimate of drug-likeness (QED) is 0.309. The number of carbonyl (C=O) groups is 1. The number of amidine groups is 1. The summed E-state index contributed by atoms with van der Waals surface area (Å²) in [6.45, 7) is 1.25. The first-order chi connectivity index (χ1) is 9.60. The summed E-state index contributed by atoms with van der Waals surface area (Å²) >= 11 is 0. The predicted molar refractivity (Wildman–Crippen MR) is 71.0 cm³/mol. The number of aromatic nitrogens is 2. The van der Waals surface area contributed by atoms with Gasteiger partial charge in [0.1, 0.15) is 5.41 Å². The summed E-state index contributed by atoms with van der Waals surface area (Å²) in [7, 11) is 1.69. The van der Waals surface area contributed by atoms with Crippen LogP contribution in [0.3, 0.4) is 0 Å². The van der Waals surface area contributed by atoms with Gasteiger partial charge in [0, 0.05) is 38.6 Å². The number of ether oxygens (including phenoxy) is 1. The summed E-state index contributed by atoms with van der Waals surface area (Å²) in [4.78, 5) is 14.3. The summed E-state index contributed by atoms with van der Waals surface area (Å²) in [6, 6.07) is 0. The Bertz CT molecular complexity index is 479. The van der Waals surface area contributed by atoms with Crippen LogP contribution in [0.5, 0.6) is 0 Å². The van der Waals surface area contributed by atoms with Crippen molar-refractivity contribution >= 4 is 11.7 Å². The third-order valence-electron chi connectivity index (χ3n) is 3.68. The van der Waals surface area contributed by atoms with Gasteiger partial charge in [-0.2, -0.15) is 5.10 Å². The highest BCUT2D eigenvalue weighted by molar-refractivity contribution is 6.06. The number of amides is 1. The molecule has 0 aliphatic carbocycles. The molecule has 0 unspecified atom stereocenters. The number of hydrogen-bond acceptors (Lipinski definition) is 5. The number of carbonyl (C=O) groups excluding carboxylic acids is 1. The van der Waals surface area contributed by atoms with E-state index in [4.69, 9.17) is 15.7 Å². The molecule has 110 valence electrons. The van der Waals surface area contributed by atoms with E-state index in [-0.39, 0.29) is 11.7 Å². The molecule has 0 atom stereocenters. The Kier molecular flexibility index (Phi) is 4.23. The lowest BCUT2D eigenvalue weighted by Gasteiger charge is -2.37. The highest BCUT2D eigenvalue weighted by atomic mass is 16.5. The van der Waals surface area contributed by atoms with Crippen molar-refractivity contribution < 1.29 is 14.7 Å². The molecule has 20 heavy (non-hydrogen) atoms. The van der Waals surface area contributed by atoms with Gasteiger partial charge in [0.15, 0.2) is 5.84 Å². The third-order valence-corrected chi connectivity index (χ3v) is 3.68. The van der Waals surface area contributed by atoms with Crippen LogP contribution in [0.25, 0.3) is 0 Å². The van der Waals surface area contributed by atoms with Crippen LogP contribution in [0.2, 0.25) is 0 Å². The van der Waals surface area contributed by atoms with Crippen LogP contribution in [0, 0.1) is 5.41 Å². The molecular weight excluding hydrogens is 262 g/mol. The van der Waals surface area contributed by atoms with E-state index in [1.807, 2.05) is 0 Å². The largest absolute Gasteiger partial charge is 0.409 e. The number of oxime groups is 1. The fourth-order valence-corrected chi connectivity index (χ4v) is 2.47. The van der Waals surface area contributed by atoms with E-state index >= 15 is 0 Å². The standard InChI is InChI=1S/C12H19N5O3/c1-17(8-9-6-14-15-7-9)11(18)12(10(13)16-19)2-4-20-5-3-12/h6-7,19H,2-5,8H2,1H3,(H2,13,16)(H,14,15). The topological polar surface area (TPSA) is 117 Å². The number of nitrogens with two attached hydrogens (primary N) is 1. The van der Waals surface area contributed by atoms with Crippen molar-refractivity contribution in [3.8, 4) is 0 Å².